The Hall–Kier alpha value is -2.52. The van der Waals surface area contributed by atoms with Crippen molar-refractivity contribution in [3.63, 3.8) is 0 Å². The van der Waals surface area contributed by atoms with E-state index in [-0.39, 0.29) is 36.3 Å². The summed E-state index contributed by atoms with van der Waals surface area (Å²) in [5.74, 6) is 0.572. The van der Waals surface area contributed by atoms with E-state index in [1.54, 1.807) is 0 Å². The highest BCUT2D eigenvalue weighted by atomic mass is 32.2. The molecule has 2 rings (SSSR count). The number of thioether (sulfide) groups is 1. The number of carbonyl (C=O) groups excluding carboxylic acids is 1. The third kappa shape index (κ3) is 5.98. The predicted molar refractivity (Wildman–Crippen MR) is 118 cm³/mol. The molecule has 0 saturated heterocycles. The van der Waals surface area contributed by atoms with Gasteiger partial charge in [0.25, 0.3) is 5.56 Å². The van der Waals surface area contributed by atoms with Crippen LogP contribution < -0.4 is 21.9 Å². The first kappa shape index (κ1) is 22.8. The fraction of sp³-hybridized carbons (Fsp3) is 0.450. The van der Waals surface area contributed by atoms with Gasteiger partial charge in [0.2, 0.25) is 5.91 Å². The molecule has 0 aliphatic heterocycles. The molecule has 1 aromatic heterocycles. The predicted octanol–water partition coefficient (Wildman–Crippen LogP) is 1.75. The van der Waals surface area contributed by atoms with Crippen LogP contribution in [0.1, 0.15) is 24.5 Å². The summed E-state index contributed by atoms with van der Waals surface area (Å²) in [6, 6.07) is 8.08. The van der Waals surface area contributed by atoms with Crippen molar-refractivity contribution >= 4 is 29.2 Å². The van der Waals surface area contributed by atoms with Gasteiger partial charge >= 0.3 is 5.69 Å². The second-order valence-corrected chi connectivity index (χ2v) is 7.65. The summed E-state index contributed by atoms with van der Waals surface area (Å²) in [5, 5.41) is 0. The van der Waals surface area contributed by atoms with E-state index in [2.05, 4.69) is 11.1 Å². The summed E-state index contributed by atoms with van der Waals surface area (Å²) in [5.41, 5.74) is 7.15. The molecule has 0 spiro atoms. The number of amides is 1. The zero-order valence-electron chi connectivity index (χ0n) is 17.1. The Balaban J connectivity index is 2.24. The van der Waals surface area contributed by atoms with Gasteiger partial charge in [-0.05, 0) is 18.9 Å². The first-order chi connectivity index (χ1) is 13.9. The van der Waals surface area contributed by atoms with E-state index in [1.165, 1.54) is 28.3 Å². The minimum atomic E-state index is -0.673. The molecule has 0 unspecified atom stereocenters. The number of nitrogens with zero attached hydrogens (tertiary/aromatic N) is 2. The molecule has 29 heavy (non-hydrogen) atoms. The zero-order chi connectivity index (χ0) is 21.4. The van der Waals surface area contributed by atoms with E-state index in [4.69, 9.17) is 10.5 Å². The number of nitrogens with one attached hydrogen (secondary N) is 1. The molecule has 0 atom stereocenters. The Bertz CT molecular complexity index is 954. The number of hydrogen-bond donors (Lipinski definition) is 2. The summed E-state index contributed by atoms with van der Waals surface area (Å²) in [6.07, 6.45) is 0.661. The number of nitrogen functional groups attached to an aromatic ring is 1. The van der Waals surface area contributed by atoms with Crippen molar-refractivity contribution in [2.75, 3.05) is 36.6 Å². The van der Waals surface area contributed by atoms with Gasteiger partial charge in [-0.25, -0.2) is 4.79 Å². The fourth-order valence-electron chi connectivity index (χ4n) is 2.96. The van der Waals surface area contributed by atoms with Crippen LogP contribution in [0.3, 0.4) is 0 Å². The molecule has 0 aliphatic carbocycles. The summed E-state index contributed by atoms with van der Waals surface area (Å²) >= 11 is 1.46. The van der Waals surface area contributed by atoms with E-state index in [0.717, 1.165) is 11.1 Å². The quantitative estimate of drug-likeness (QED) is 0.606. The molecule has 1 aromatic carbocycles. The fourth-order valence-corrected chi connectivity index (χ4v) is 3.81. The molecule has 0 aliphatic rings. The number of methoxy groups -OCH3 is 1. The van der Waals surface area contributed by atoms with Gasteiger partial charge in [-0.3, -0.25) is 19.1 Å². The van der Waals surface area contributed by atoms with Crippen molar-refractivity contribution in [1.29, 1.82) is 0 Å². The molecule has 158 valence electrons. The minimum Gasteiger partial charge on any atom is -0.383 e. The first-order valence-electron chi connectivity index (χ1n) is 9.44. The topological polar surface area (TPSA) is 110 Å². The van der Waals surface area contributed by atoms with Gasteiger partial charge in [0.1, 0.15) is 5.82 Å². The van der Waals surface area contributed by atoms with E-state index >= 15 is 0 Å². The molecule has 0 bridgehead atoms. The lowest BCUT2D eigenvalue weighted by molar-refractivity contribution is -0.116. The van der Waals surface area contributed by atoms with Crippen LogP contribution in [0.2, 0.25) is 0 Å². The van der Waals surface area contributed by atoms with E-state index in [0.29, 0.717) is 18.7 Å². The number of hydrogen-bond acceptors (Lipinski definition) is 6. The third-order valence-corrected chi connectivity index (χ3v) is 5.32. The average Bonchev–Trinajstić information content (AvgIpc) is 2.67. The van der Waals surface area contributed by atoms with Gasteiger partial charge in [-0.1, -0.05) is 36.8 Å². The number of aromatic amines is 1. The van der Waals surface area contributed by atoms with Crippen molar-refractivity contribution in [1.82, 2.24) is 9.55 Å². The maximum absolute atomic E-state index is 12.9. The highest BCUT2D eigenvalue weighted by Crippen LogP contribution is 2.20. The van der Waals surface area contributed by atoms with Crippen LogP contribution in [0.4, 0.5) is 11.5 Å². The minimum absolute atomic E-state index is 0.00347. The number of nitrogens with two attached hydrogens (primary N) is 1. The van der Waals surface area contributed by atoms with Gasteiger partial charge in [-0.15, -0.1) is 11.8 Å². The van der Waals surface area contributed by atoms with Crippen LogP contribution in [0.5, 0.6) is 0 Å². The van der Waals surface area contributed by atoms with Crippen molar-refractivity contribution in [2.24, 2.45) is 0 Å². The number of anilines is 2. The molecular formula is C20H28N4O4S. The van der Waals surface area contributed by atoms with Crippen molar-refractivity contribution in [3.05, 3.63) is 56.2 Å². The number of aryl methyl sites for hydroxylation is 1. The molecule has 1 amide bonds. The molecule has 3 N–H and O–H groups in total. The summed E-state index contributed by atoms with van der Waals surface area (Å²) < 4.78 is 6.37. The first-order valence-corrected chi connectivity index (χ1v) is 10.6. The van der Waals surface area contributed by atoms with Crippen LogP contribution in [-0.2, 0) is 21.8 Å². The lowest BCUT2D eigenvalue weighted by atomic mass is 10.2. The summed E-state index contributed by atoms with van der Waals surface area (Å²) in [6.45, 7) is 4.67. The van der Waals surface area contributed by atoms with Gasteiger partial charge in [0.15, 0.2) is 5.69 Å². The molecule has 0 saturated carbocycles. The van der Waals surface area contributed by atoms with Crippen molar-refractivity contribution < 1.29 is 9.53 Å². The Labute approximate surface area is 174 Å². The van der Waals surface area contributed by atoms with E-state index < -0.39 is 11.2 Å². The smallest absolute Gasteiger partial charge is 0.330 e. The van der Waals surface area contributed by atoms with Crippen LogP contribution >= 0.6 is 11.8 Å². The number of H-pyrrole nitrogens is 1. The second kappa shape index (κ2) is 10.9. The largest absolute Gasteiger partial charge is 0.383 e. The standard InChI is InChI=1S/C20H28N4O4S/c1-4-8-24-18(21)17(19(26)22-20(24)27)23(9-10-28-3)16(25)13-29-12-15-7-5-6-14(2)11-15/h5-7,11H,4,8-10,12-13,21H2,1-3H3,(H,22,26,27). The molecule has 1 heterocycles. The highest BCUT2D eigenvalue weighted by Gasteiger charge is 2.23. The molecule has 0 fully saturated rings. The third-order valence-electron chi connectivity index (χ3n) is 4.33. The maximum atomic E-state index is 12.9. The van der Waals surface area contributed by atoms with Crippen LogP contribution in [0.25, 0.3) is 0 Å². The Morgan fingerprint density at radius 3 is 2.76 bits per heavy atom. The van der Waals surface area contributed by atoms with E-state index in [1.807, 2.05) is 32.0 Å². The monoisotopic (exact) mass is 420 g/mol. The summed E-state index contributed by atoms with van der Waals surface area (Å²) in [7, 11) is 1.51. The zero-order valence-corrected chi connectivity index (χ0v) is 17.9. The molecular weight excluding hydrogens is 392 g/mol. The van der Waals surface area contributed by atoms with E-state index in [9.17, 15) is 14.4 Å². The van der Waals surface area contributed by atoms with Gasteiger partial charge < -0.3 is 15.4 Å². The SMILES string of the molecule is CCCn1c(N)c(N(CCOC)C(=O)CSCc2cccc(C)c2)c(=O)[nH]c1=O. The molecule has 0 radical (unpaired) electrons. The Kier molecular flexibility index (Phi) is 8.53. The lowest BCUT2D eigenvalue weighted by Crippen LogP contribution is -2.43. The van der Waals surface area contributed by atoms with Crippen LogP contribution in [0, 0.1) is 6.92 Å². The Morgan fingerprint density at radius 2 is 2.10 bits per heavy atom. The highest BCUT2D eigenvalue weighted by molar-refractivity contribution is 7.99. The number of carbonyl (C=O) groups is 1. The van der Waals surface area contributed by atoms with Crippen molar-refractivity contribution in [2.45, 2.75) is 32.6 Å². The number of rotatable bonds is 10. The van der Waals surface area contributed by atoms with Gasteiger partial charge in [0.05, 0.1) is 12.4 Å². The number of ether oxygens (including phenoxy) is 1. The second-order valence-electron chi connectivity index (χ2n) is 6.66. The summed E-state index contributed by atoms with van der Waals surface area (Å²) in [4.78, 5) is 41.0. The molecule has 8 nitrogen and oxygen atoms in total. The average molecular weight is 421 g/mol. The number of aromatic nitrogens is 2. The van der Waals surface area contributed by atoms with Crippen molar-refractivity contribution in [3.8, 4) is 0 Å². The molecule has 9 heteroatoms. The lowest BCUT2D eigenvalue weighted by Gasteiger charge is -2.24. The van der Waals surface area contributed by atoms with Crippen LogP contribution in [0.15, 0.2) is 33.9 Å². The Morgan fingerprint density at radius 1 is 1.34 bits per heavy atom. The molecule has 2 aromatic rings. The van der Waals surface area contributed by atoms with Crippen LogP contribution in [-0.4, -0.2) is 41.5 Å². The number of benzene rings is 1. The van der Waals surface area contributed by atoms with Gasteiger partial charge in [-0.2, -0.15) is 0 Å². The normalized spacial score (nSPS) is 10.9. The maximum Gasteiger partial charge on any atom is 0.330 e. The van der Waals surface area contributed by atoms with Gasteiger partial charge in [0, 0.05) is 26.0 Å².